The van der Waals surface area contributed by atoms with Gasteiger partial charge in [-0.1, -0.05) is 0 Å². The zero-order valence-electron chi connectivity index (χ0n) is 9.26. The van der Waals surface area contributed by atoms with Crippen molar-refractivity contribution < 1.29 is 12.6 Å². The highest BCUT2D eigenvalue weighted by Gasteiger charge is 2.09. The maximum absolute atomic E-state index is 11.8. The molecular weight excluding hydrogens is 246 g/mol. The first-order valence-corrected chi connectivity index (χ1v) is 8.10. The molecule has 0 amide bonds. The number of nitrogen functional groups attached to an aromatic ring is 1. The summed E-state index contributed by atoms with van der Waals surface area (Å²) in [5.41, 5.74) is 7.13. The number of nitrogens with two attached hydrogens (primary N) is 1. The summed E-state index contributed by atoms with van der Waals surface area (Å²) >= 11 is 0. The normalized spacial score (nSPS) is 13.6. The molecule has 4 nitrogen and oxygen atoms in total. The average Bonchev–Trinajstić information content (AvgIpc) is 2.17. The van der Waals surface area contributed by atoms with Gasteiger partial charge in [-0.3, -0.25) is 4.21 Å². The maximum atomic E-state index is 11.8. The lowest BCUT2D eigenvalue weighted by molar-refractivity contribution is 0.602. The van der Waals surface area contributed by atoms with E-state index in [1.807, 2.05) is 6.92 Å². The van der Waals surface area contributed by atoms with Crippen LogP contribution in [-0.4, -0.2) is 30.4 Å². The molecule has 0 spiro atoms. The van der Waals surface area contributed by atoms with Gasteiger partial charge in [-0.2, -0.15) is 0 Å². The minimum atomic E-state index is -3.06. The molecule has 1 aromatic carbocycles. The first-order valence-electron chi connectivity index (χ1n) is 4.72. The summed E-state index contributed by atoms with van der Waals surface area (Å²) in [6.45, 7) is 1.83. The molecule has 1 unspecified atom stereocenters. The lowest BCUT2D eigenvalue weighted by atomic mass is 10.2. The summed E-state index contributed by atoms with van der Waals surface area (Å²) in [6.07, 6.45) is 1.14. The Labute approximate surface area is 98.2 Å². The van der Waals surface area contributed by atoms with E-state index >= 15 is 0 Å². The molecule has 1 atom stereocenters. The van der Waals surface area contributed by atoms with E-state index in [9.17, 15) is 12.6 Å². The topological polar surface area (TPSA) is 77.2 Å². The first-order chi connectivity index (χ1) is 7.29. The van der Waals surface area contributed by atoms with E-state index in [-0.39, 0.29) is 11.5 Å². The van der Waals surface area contributed by atoms with Gasteiger partial charge in [0, 0.05) is 22.6 Å². The van der Waals surface area contributed by atoms with Crippen LogP contribution in [0, 0.1) is 6.92 Å². The summed E-state index contributed by atoms with van der Waals surface area (Å²) in [4.78, 5) is 0.621. The van der Waals surface area contributed by atoms with Crippen molar-refractivity contribution in [2.75, 3.05) is 23.5 Å². The second kappa shape index (κ2) is 4.97. The van der Waals surface area contributed by atoms with Gasteiger partial charge in [0.2, 0.25) is 0 Å². The van der Waals surface area contributed by atoms with Crippen molar-refractivity contribution in [2.45, 2.75) is 11.8 Å². The maximum Gasteiger partial charge on any atom is 0.148 e. The average molecular weight is 261 g/mol. The second-order valence-corrected chi connectivity index (χ2v) is 7.53. The van der Waals surface area contributed by atoms with Gasteiger partial charge < -0.3 is 5.73 Å². The molecule has 0 aliphatic rings. The molecule has 2 N–H and O–H groups in total. The van der Waals surface area contributed by atoms with Gasteiger partial charge in [-0.05, 0) is 30.7 Å². The number of sulfone groups is 1. The van der Waals surface area contributed by atoms with Crippen molar-refractivity contribution in [3.63, 3.8) is 0 Å². The number of aryl methyl sites for hydroxylation is 1. The van der Waals surface area contributed by atoms with Gasteiger partial charge in [-0.25, -0.2) is 8.42 Å². The Bertz CT molecular complexity index is 509. The van der Waals surface area contributed by atoms with Gasteiger partial charge in [0.1, 0.15) is 9.84 Å². The fourth-order valence-corrected chi connectivity index (χ4v) is 3.71. The van der Waals surface area contributed by atoms with Crippen molar-refractivity contribution in [3.05, 3.63) is 23.8 Å². The van der Waals surface area contributed by atoms with Crippen LogP contribution in [0.25, 0.3) is 0 Å². The Morgan fingerprint density at radius 1 is 1.38 bits per heavy atom. The number of hydrogen-bond donors (Lipinski definition) is 1. The van der Waals surface area contributed by atoms with E-state index in [4.69, 9.17) is 5.73 Å². The van der Waals surface area contributed by atoms with Crippen LogP contribution < -0.4 is 5.73 Å². The third-order valence-corrected chi connectivity index (χ3v) is 4.70. The molecule has 1 rings (SSSR count). The molecule has 0 aliphatic heterocycles. The van der Waals surface area contributed by atoms with Crippen molar-refractivity contribution in [2.24, 2.45) is 0 Å². The minimum absolute atomic E-state index is 0.0664. The molecule has 16 heavy (non-hydrogen) atoms. The monoisotopic (exact) mass is 261 g/mol. The van der Waals surface area contributed by atoms with E-state index in [1.54, 1.807) is 18.2 Å². The molecular formula is C10H15NO3S2. The standard InChI is InChI=1S/C10H15NO3S2/c1-8-7-9(3-4-10(8)11)15(12)5-6-16(2,13)14/h3-4,7H,5-6,11H2,1-2H3. The molecule has 0 aliphatic carbocycles. The van der Waals surface area contributed by atoms with E-state index < -0.39 is 20.6 Å². The summed E-state index contributed by atoms with van der Waals surface area (Å²) < 4.78 is 33.6. The van der Waals surface area contributed by atoms with Crippen LogP contribution in [0.1, 0.15) is 5.56 Å². The predicted octanol–water partition coefficient (Wildman–Crippen LogP) is 0.729. The summed E-state index contributed by atoms with van der Waals surface area (Å²) in [7, 11) is -4.35. The van der Waals surface area contributed by atoms with Crippen LogP contribution in [0.5, 0.6) is 0 Å². The Morgan fingerprint density at radius 3 is 2.50 bits per heavy atom. The molecule has 0 saturated heterocycles. The zero-order chi connectivity index (χ0) is 12.3. The first kappa shape index (κ1) is 13.2. The number of anilines is 1. The molecule has 0 saturated carbocycles. The largest absolute Gasteiger partial charge is 0.399 e. The summed E-state index contributed by atoms with van der Waals surface area (Å²) in [5.74, 6) is 0.0607. The van der Waals surface area contributed by atoms with Gasteiger partial charge in [0.05, 0.1) is 16.6 Å². The molecule has 6 heteroatoms. The minimum Gasteiger partial charge on any atom is -0.399 e. The molecule has 0 heterocycles. The third-order valence-electron chi connectivity index (χ3n) is 2.14. The smallest absolute Gasteiger partial charge is 0.148 e. The SMILES string of the molecule is Cc1cc(S(=O)CCS(C)(=O)=O)ccc1N. The molecule has 0 bridgehead atoms. The van der Waals surface area contributed by atoms with E-state index in [0.29, 0.717) is 10.6 Å². The molecule has 90 valence electrons. The van der Waals surface area contributed by atoms with Crippen molar-refractivity contribution >= 4 is 26.3 Å². The number of benzene rings is 1. The van der Waals surface area contributed by atoms with E-state index in [0.717, 1.165) is 11.8 Å². The molecule has 0 aromatic heterocycles. The van der Waals surface area contributed by atoms with Crippen LogP contribution in [0.3, 0.4) is 0 Å². The van der Waals surface area contributed by atoms with Crippen LogP contribution in [0.4, 0.5) is 5.69 Å². The summed E-state index contributed by atoms with van der Waals surface area (Å²) in [5, 5.41) is 0. The molecule has 1 aromatic rings. The lowest BCUT2D eigenvalue weighted by Gasteiger charge is -2.04. The quantitative estimate of drug-likeness (QED) is 0.811. The Hall–Kier alpha value is -0.880. The van der Waals surface area contributed by atoms with Crippen molar-refractivity contribution in [1.82, 2.24) is 0 Å². The van der Waals surface area contributed by atoms with Crippen LogP contribution in [0.2, 0.25) is 0 Å². The van der Waals surface area contributed by atoms with Crippen molar-refractivity contribution in [3.8, 4) is 0 Å². The number of rotatable bonds is 4. The lowest BCUT2D eigenvalue weighted by Crippen LogP contribution is -2.11. The highest BCUT2D eigenvalue weighted by molar-refractivity contribution is 7.92. The van der Waals surface area contributed by atoms with E-state index in [1.165, 1.54) is 0 Å². The fraction of sp³-hybridized carbons (Fsp3) is 0.400. The Morgan fingerprint density at radius 2 is 2.00 bits per heavy atom. The fourth-order valence-electron chi connectivity index (χ4n) is 1.13. The van der Waals surface area contributed by atoms with Gasteiger partial charge in [-0.15, -0.1) is 0 Å². The second-order valence-electron chi connectivity index (χ2n) is 3.70. The molecule has 0 fully saturated rings. The van der Waals surface area contributed by atoms with Crippen LogP contribution in [0.15, 0.2) is 23.1 Å². The van der Waals surface area contributed by atoms with E-state index in [2.05, 4.69) is 0 Å². The zero-order valence-corrected chi connectivity index (χ0v) is 10.9. The summed E-state index contributed by atoms with van der Waals surface area (Å²) in [6, 6.07) is 5.08. The Balaban J connectivity index is 2.78. The third kappa shape index (κ3) is 3.94. The Kier molecular flexibility index (Phi) is 4.09. The van der Waals surface area contributed by atoms with Gasteiger partial charge in [0.25, 0.3) is 0 Å². The number of hydrogen-bond acceptors (Lipinski definition) is 4. The van der Waals surface area contributed by atoms with Gasteiger partial charge in [0.15, 0.2) is 0 Å². The van der Waals surface area contributed by atoms with Gasteiger partial charge >= 0.3 is 0 Å². The molecule has 0 radical (unpaired) electrons. The van der Waals surface area contributed by atoms with Crippen molar-refractivity contribution in [1.29, 1.82) is 0 Å². The predicted molar refractivity (Wildman–Crippen MR) is 66.6 cm³/mol. The highest BCUT2D eigenvalue weighted by Crippen LogP contribution is 2.15. The highest BCUT2D eigenvalue weighted by atomic mass is 32.2. The van der Waals surface area contributed by atoms with Crippen LogP contribution in [-0.2, 0) is 20.6 Å². The van der Waals surface area contributed by atoms with Crippen LogP contribution >= 0.6 is 0 Å².